The molecule has 0 amide bonds. The maximum absolute atomic E-state index is 3.75. The molecule has 3 atom stereocenters. The Morgan fingerprint density at radius 1 is 1.56 bits per heavy atom. The summed E-state index contributed by atoms with van der Waals surface area (Å²) in [6.07, 6.45) is 7.46. The van der Waals surface area contributed by atoms with E-state index in [1.807, 2.05) is 0 Å². The average Bonchev–Trinajstić information content (AvgIpc) is 2.19. The molecule has 50 valence electrons. The topological polar surface area (TPSA) is 0 Å². The summed E-state index contributed by atoms with van der Waals surface area (Å²) in [6, 6.07) is 0. The van der Waals surface area contributed by atoms with Crippen molar-refractivity contribution in [3.63, 3.8) is 0 Å². The fourth-order valence-corrected chi connectivity index (χ4v) is 2.79. The van der Waals surface area contributed by atoms with Crippen molar-refractivity contribution >= 4 is 15.9 Å². The summed E-state index contributed by atoms with van der Waals surface area (Å²) >= 11 is 3.75. The minimum Gasteiger partial charge on any atom is -0.0850 e. The summed E-state index contributed by atoms with van der Waals surface area (Å²) in [7, 11) is 0. The van der Waals surface area contributed by atoms with Crippen molar-refractivity contribution in [2.45, 2.75) is 24.1 Å². The Kier molecular flexibility index (Phi) is 1.08. The van der Waals surface area contributed by atoms with Crippen LogP contribution >= 0.6 is 15.9 Å². The van der Waals surface area contributed by atoms with Gasteiger partial charge in [-0.25, -0.2) is 0 Å². The Labute approximate surface area is 64.5 Å². The molecule has 0 N–H and O–H groups in total. The minimum atomic E-state index is 0.437. The largest absolute Gasteiger partial charge is 0.0850 e. The molecule has 0 aromatic rings. The van der Waals surface area contributed by atoms with E-state index in [1.165, 1.54) is 12.8 Å². The number of halogens is 1. The smallest absolute Gasteiger partial charge is 0.0298 e. The Morgan fingerprint density at radius 3 is 2.56 bits per heavy atom. The lowest BCUT2D eigenvalue weighted by molar-refractivity contribution is 0.560. The average molecular weight is 187 g/mol. The SMILES string of the molecule is CC1(Br)CC2C=CC1C2. The molecular weight excluding hydrogens is 176 g/mol. The molecule has 0 aromatic heterocycles. The van der Waals surface area contributed by atoms with E-state index in [0.717, 1.165) is 11.8 Å². The number of hydrogen-bond donors (Lipinski definition) is 0. The standard InChI is InChI=1S/C8H11Br/c1-8(9)5-6-2-3-7(8)4-6/h2-3,6-7H,4-5H2,1H3. The lowest BCUT2D eigenvalue weighted by Gasteiger charge is -2.23. The summed E-state index contributed by atoms with van der Waals surface area (Å²) in [5.41, 5.74) is 0. The van der Waals surface area contributed by atoms with Gasteiger partial charge in [-0.1, -0.05) is 28.1 Å². The highest BCUT2D eigenvalue weighted by Crippen LogP contribution is 2.50. The highest BCUT2D eigenvalue weighted by molar-refractivity contribution is 9.10. The maximum Gasteiger partial charge on any atom is 0.0298 e. The first-order valence-corrected chi connectivity index (χ1v) is 4.35. The molecule has 0 spiro atoms. The number of hydrogen-bond acceptors (Lipinski definition) is 0. The van der Waals surface area contributed by atoms with Gasteiger partial charge in [-0.15, -0.1) is 0 Å². The van der Waals surface area contributed by atoms with Gasteiger partial charge in [0.05, 0.1) is 0 Å². The molecule has 2 bridgehead atoms. The second kappa shape index (κ2) is 1.63. The third-order valence-electron chi connectivity index (χ3n) is 2.61. The van der Waals surface area contributed by atoms with E-state index in [9.17, 15) is 0 Å². The lowest BCUT2D eigenvalue weighted by Crippen LogP contribution is -2.20. The van der Waals surface area contributed by atoms with Crippen molar-refractivity contribution in [1.82, 2.24) is 0 Å². The van der Waals surface area contributed by atoms with Gasteiger partial charge in [-0.3, -0.25) is 0 Å². The molecule has 0 radical (unpaired) electrons. The van der Waals surface area contributed by atoms with Crippen LogP contribution in [0.1, 0.15) is 19.8 Å². The summed E-state index contributed by atoms with van der Waals surface area (Å²) in [6.45, 7) is 2.31. The highest BCUT2D eigenvalue weighted by atomic mass is 79.9. The van der Waals surface area contributed by atoms with Crippen LogP contribution in [0.3, 0.4) is 0 Å². The summed E-state index contributed by atoms with van der Waals surface area (Å²) in [5, 5.41) is 0. The van der Waals surface area contributed by atoms with Crippen LogP contribution in [0, 0.1) is 11.8 Å². The maximum atomic E-state index is 3.75. The molecular formula is C8H11Br. The Hall–Kier alpha value is 0.220. The molecule has 9 heavy (non-hydrogen) atoms. The Morgan fingerprint density at radius 2 is 2.33 bits per heavy atom. The van der Waals surface area contributed by atoms with E-state index in [2.05, 4.69) is 35.0 Å². The predicted molar refractivity (Wildman–Crippen MR) is 42.7 cm³/mol. The van der Waals surface area contributed by atoms with E-state index in [1.54, 1.807) is 0 Å². The molecule has 2 rings (SSSR count). The van der Waals surface area contributed by atoms with Crippen LogP contribution in [0.15, 0.2) is 12.2 Å². The van der Waals surface area contributed by atoms with Gasteiger partial charge >= 0.3 is 0 Å². The third-order valence-corrected chi connectivity index (χ3v) is 3.52. The van der Waals surface area contributed by atoms with Crippen molar-refractivity contribution in [2.24, 2.45) is 11.8 Å². The molecule has 0 aromatic carbocycles. The molecule has 2 aliphatic carbocycles. The fourth-order valence-electron chi connectivity index (χ4n) is 2.04. The third kappa shape index (κ3) is 0.778. The minimum absolute atomic E-state index is 0.437. The van der Waals surface area contributed by atoms with Crippen molar-refractivity contribution < 1.29 is 0 Å². The van der Waals surface area contributed by atoms with E-state index < -0.39 is 0 Å². The Bertz CT molecular complexity index is 158. The van der Waals surface area contributed by atoms with Crippen LogP contribution in [0.4, 0.5) is 0 Å². The van der Waals surface area contributed by atoms with Crippen molar-refractivity contribution in [2.75, 3.05) is 0 Å². The Balaban J connectivity index is 2.29. The van der Waals surface area contributed by atoms with E-state index in [0.29, 0.717) is 4.32 Å². The first-order chi connectivity index (χ1) is 4.18. The van der Waals surface area contributed by atoms with Crippen LogP contribution in [0.25, 0.3) is 0 Å². The molecule has 0 saturated heterocycles. The monoisotopic (exact) mass is 186 g/mol. The quantitative estimate of drug-likeness (QED) is 0.404. The summed E-state index contributed by atoms with van der Waals surface area (Å²) in [4.78, 5) is 0. The molecule has 3 unspecified atom stereocenters. The normalized spacial score (nSPS) is 54.9. The van der Waals surface area contributed by atoms with Gasteiger partial charge in [0.25, 0.3) is 0 Å². The first-order valence-electron chi connectivity index (χ1n) is 3.56. The van der Waals surface area contributed by atoms with Crippen LogP contribution in [0.2, 0.25) is 0 Å². The van der Waals surface area contributed by atoms with Gasteiger partial charge in [0.2, 0.25) is 0 Å². The van der Waals surface area contributed by atoms with E-state index >= 15 is 0 Å². The fraction of sp³-hybridized carbons (Fsp3) is 0.750. The lowest BCUT2D eigenvalue weighted by atomic mass is 9.96. The summed E-state index contributed by atoms with van der Waals surface area (Å²) < 4.78 is 0.437. The van der Waals surface area contributed by atoms with Crippen LogP contribution in [-0.2, 0) is 0 Å². The number of fused-ring (bicyclic) bond motifs is 2. The van der Waals surface area contributed by atoms with Crippen LogP contribution in [-0.4, -0.2) is 4.32 Å². The molecule has 1 saturated carbocycles. The molecule has 2 aliphatic rings. The van der Waals surface area contributed by atoms with Gasteiger partial charge in [0.1, 0.15) is 0 Å². The van der Waals surface area contributed by atoms with Crippen molar-refractivity contribution in [3.8, 4) is 0 Å². The highest BCUT2D eigenvalue weighted by Gasteiger charge is 2.42. The van der Waals surface area contributed by atoms with Crippen molar-refractivity contribution in [3.05, 3.63) is 12.2 Å². The van der Waals surface area contributed by atoms with Gasteiger partial charge in [-0.05, 0) is 31.6 Å². The van der Waals surface area contributed by atoms with Crippen LogP contribution < -0.4 is 0 Å². The molecule has 1 heteroatoms. The van der Waals surface area contributed by atoms with E-state index in [-0.39, 0.29) is 0 Å². The first kappa shape index (κ1) is 5.96. The predicted octanol–water partition coefficient (Wildman–Crippen LogP) is 2.74. The number of alkyl halides is 1. The zero-order chi connectivity index (χ0) is 6.48. The van der Waals surface area contributed by atoms with Gasteiger partial charge in [0.15, 0.2) is 0 Å². The zero-order valence-electron chi connectivity index (χ0n) is 5.60. The van der Waals surface area contributed by atoms with Gasteiger partial charge < -0.3 is 0 Å². The van der Waals surface area contributed by atoms with Crippen molar-refractivity contribution in [1.29, 1.82) is 0 Å². The molecule has 1 fully saturated rings. The molecule has 0 nitrogen and oxygen atoms in total. The van der Waals surface area contributed by atoms with E-state index in [4.69, 9.17) is 0 Å². The van der Waals surface area contributed by atoms with Gasteiger partial charge in [-0.2, -0.15) is 0 Å². The zero-order valence-corrected chi connectivity index (χ0v) is 7.19. The van der Waals surface area contributed by atoms with Crippen LogP contribution in [0.5, 0.6) is 0 Å². The number of allylic oxidation sites excluding steroid dienone is 2. The second-order valence-electron chi connectivity index (χ2n) is 3.47. The van der Waals surface area contributed by atoms with Gasteiger partial charge in [0, 0.05) is 4.32 Å². The number of rotatable bonds is 0. The second-order valence-corrected chi connectivity index (χ2v) is 5.28. The molecule has 0 aliphatic heterocycles. The molecule has 0 heterocycles. The summed E-state index contributed by atoms with van der Waals surface area (Å²) in [5.74, 6) is 1.71.